The van der Waals surface area contributed by atoms with E-state index in [0.29, 0.717) is 6.54 Å². The first-order chi connectivity index (χ1) is 3.81. The van der Waals surface area contributed by atoms with Crippen molar-refractivity contribution >= 4 is 5.97 Å². The van der Waals surface area contributed by atoms with Gasteiger partial charge in [0.15, 0.2) is 0 Å². The average molecular weight is 115 g/mol. The van der Waals surface area contributed by atoms with Crippen molar-refractivity contribution in [2.45, 2.75) is 0 Å². The highest BCUT2D eigenvalue weighted by Gasteiger charge is 1.89. The van der Waals surface area contributed by atoms with Crippen LogP contribution in [0.5, 0.6) is 0 Å². The molecule has 3 heteroatoms. The maximum Gasteiger partial charge on any atom is 0.330 e. The summed E-state index contributed by atoms with van der Waals surface area (Å²) in [6.45, 7) is 3.83. The number of nitrogens with two attached hydrogens (primary N) is 1. The third-order valence-electron chi connectivity index (χ3n) is 0.529. The van der Waals surface area contributed by atoms with E-state index >= 15 is 0 Å². The summed E-state index contributed by atoms with van der Waals surface area (Å²) >= 11 is 0. The van der Waals surface area contributed by atoms with Crippen molar-refractivity contribution in [2.75, 3.05) is 13.2 Å². The highest BCUT2D eigenvalue weighted by molar-refractivity contribution is 5.81. The molecule has 46 valence electrons. The van der Waals surface area contributed by atoms with Gasteiger partial charge in [-0.25, -0.2) is 4.79 Å². The minimum Gasteiger partial charge on any atom is -0.461 e. The van der Waals surface area contributed by atoms with E-state index in [4.69, 9.17) is 5.73 Å². The van der Waals surface area contributed by atoms with Crippen molar-refractivity contribution in [3.63, 3.8) is 0 Å². The van der Waals surface area contributed by atoms with Crippen LogP contribution in [0, 0.1) is 0 Å². The Morgan fingerprint density at radius 1 is 1.88 bits per heavy atom. The van der Waals surface area contributed by atoms with E-state index in [2.05, 4.69) is 11.3 Å². The topological polar surface area (TPSA) is 52.3 Å². The van der Waals surface area contributed by atoms with Crippen LogP contribution in [-0.4, -0.2) is 19.1 Å². The highest BCUT2D eigenvalue weighted by Crippen LogP contribution is 1.74. The first kappa shape index (κ1) is 7.17. The zero-order valence-electron chi connectivity index (χ0n) is 4.59. The zero-order chi connectivity index (χ0) is 6.41. The zero-order valence-corrected chi connectivity index (χ0v) is 4.59. The Bertz CT molecular complexity index is 90.4. The number of hydrogen-bond donors (Lipinski definition) is 1. The van der Waals surface area contributed by atoms with Gasteiger partial charge in [0.1, 0.15) is 6.61 Å². The van der Waals surface area contributed by atoms with Crippen LogP contribution in [0.1, 0.15) is 0 Å². The molecule has 8 heavy (non-hydrogen) atoms. The largest absolute Gasteiger partial charge is 0.461 e. The molecule has 0 unspecified atom stereocenters. The molecule has 0 saturated heterocycles. The number of hydrogen-bond acceptors (Lipinski definition) is 3. The molecule has 0 aliphatic heterocycles. The van der Waals surface area contributed by atoms with Crippen LogP contribution in [0.2, 0.25) is 0 Å². The summed E-state index contributed by atoms with van der Waals surface area (Å²) in [6, 6.07) is 0. The van der Waals surface area contributed by atoms with Gasteiger partial charge in [-0.15, -0.1) is 0 Å². The smallest absolute Gasteiger partial charge is 0.330 e. The molecular formula is C5H9NO2. The molecule has 0 spiro atoms. The fourth-order valence-corrected chi connectivity index (χ4v) is 0.218. The Morgan fingerprint density at radius 3 is 2.88 bits per heavy atom. The standard InChI is InChI=1S/C5H9NO2/c1-2-5(7)8-4-3-6/h2H,1,3-4,6H2. The summed E-state index contributed by atoms with van der Waals surface area (Å²) in [4.78, 5) is 10.2. The van der Waals surface area contributed by atoms with Gasteiger partial charge in [0.05, 0.1) is 0 Å². The number of carbonyl (C=O) groups is 1. The van der Waals surface area contributed by atoms with Crippen LogP contribution < -0.4 is 5.73 Å². The molecule has 0 heterocycles. The fourth-order valence-electron chi connectivity index (χ4n) is 0.218. The first-order valence-corrected chi connectivity index (χ1v) is 2.30. The predicted octanol–water partition coefficient (Wildman–Crippen LogP) is -0.326. The summed E-state index contributed by atoms with van der Waals surface area (Å²) in [5.74, 6) is -0.421. The summed E-state index contributed by atoms with van der Waals surface area (Å²) < 4.78 is 4.46. The van der Waals surface area contributed by atoms with Gasteiger partial charge in [0.25, 0.3) is 0 Å². The normalized spacial score (nSPS) is 8.12. The maximum atomic E-state index is 10.2. The van der Waals surface area contributed by atoms with Crippen molar-refractivity contribution in [1.29, 1.82) is 0 Å². The van der Waals surface area contributed by atoms with E-state index in [1.165, 1.54) is 0 Å². The van der Waals surface area contributed by atoms with Crippen LogP contribution in [0.15, 0.2) is 12.7 Å². The van der Waals surface area contributed by atoms with Gasteiger partial charge in [-0.1, -0.05) is 6.58 Å². The molecule has 2 N–H and O–H groups in total. The van der Waals surface area contributed by atoms with Gasteiger partial charge < -0.3 is 10.5 Å². The molecule has 0 saturated carbocycles. The minimum absolute atomic E-state index is 0.269. The Balaban J connectivity index is 3.11. The number of ether oxygens (including phenoxy) is 1. The second-order valence-corrected chi connectivity index (χ2v) is 1.16. The van der Waals surface area contributed by atoms with Crippen molar-refractivity contribution < 1.29 is 9.53 Å². The molecule has 0 aromatic heterocycles. The van der Waals surface area contributed by atoms with E-state index in [1.54, 1.807) is 0 Å². The van der Waals surface area contributed by atoms with E-state index in [0.717, 1.165) is 6.08 Å². The lowest BCUT2D eigenvalue weighted by Crippen LogP contribution is -2.11. The summed E-state index contributed by atoms with van der Waals surface area (Å²) in [7, 11) is 0. The summed E-state index contributed by atoms with van der Waals surface area (Å²) in [6.07, 6.45) is 1.11. The lowest BCUT2D eigenvalue weighted by atomic mass is 10.6. The molecule has 0 aliphatic carbocycles. The minimum atomic E-state index is -0.421. The van der Waals surface area contributed by atoms with Gasteiger partial charge in [0.2, 0.25) is 0 Å². The SMILES string of the molecule is C=CC(=O)OCCN. The molecular weight excluding hydrogens is 106 g/mol. The molecule has 0 aromatic carbocycles. The van der Waals surface area contributed by atoms with Crippen LogP contribution in [0.3, 0.4) is 0 Å². The number of carbonyl (C=O) groups excluding carboxylic acids is 1. The van der Waals surface area contributed by atoms with E-state index < -0.39 is 5.97 Å². The molecule has 0 aliphatic rings. The quantitative estimate of drug-likeness (QED) is 0.405. The lowest BCUT2D eigenvalue weighted by Gasteiger charge is -1.94. The van der Waals surface area contributed by atoms with E-state index in [9.17, 15) is 4.79 Å². The number of esters is 1. The molecule has 0 fully saturated rings. The van der Waals surface area contributed by atoms with Crippen LogP contribution in [-0.2, 0) is 9.53 Å². The first-order valence-electron chi connectivity index (χ1n) is 2.30. The molecule has 0 aromatic rings. The maximum absolute atomic E-state index is 10.2. The average Bonchev–Trinajstić information content (AvgIpc) is 1.83. The van der Waals surface area contributed by atoms with Crippen molar-refractivity contribution in [1.82, 2.24) is 0 Å². The van der Waals surface area contributed by atoms with Gasteiger partial charge >= 0.3 is 5.97 Å². The second kappa shape index (κ2) is 4.33. The number of rotatable bonds is 3. The van der Waals surface area contributed by atoms with E-state index in [1.807, 2.05) is 0 Å². The Labute approximate surface area is 48.1 Å². The van der Waals surface area contributed by atoms with Gasteiger partial charge in [0, 0.05) is 12.6 Å². The third-order valence-corrected chi connectivity index (χ3v) is 0.529. The summed E-state index contributed by atoms with van der Waals surface area (Å²) in [5, 5.41) is 0. The van der Waals surface area contributed by atoms with Crippen LogP contribution >= 0.6 is 0 Å². The predicted molar refractivity (Wildman–Crippen MR) is 30.2 cm³/mol. The monoisotopic (exact) mass is 115 g/mol. The lowest BCUT2D eigenvalue weighted by molar-refractivity contribution is -0.137. The van der Waals surface area contributed by atoms with Crippen LogP contribution in [0.25, 0.3) is 0 Å². The highest BCUT2D eigenvalue weighted by atomic mass is 16.5. The summed E-state index contributed by atoms with van der Waals surface area (Å²) in [5.41, 5.74) is 5.02. The van der Waals surface area contributed by atoms with Crippen molar-refractivity contribution in [3.05, 3.63) is 12.7 Å². The van der Waals surface area contributed by atoms with Crippen molar-refractivity contribution in [2.24, 2.45) is 5.73 Å². The Hall–Kier alpha value is -0.830. The van der Waals surface area contributed by atoms with Crippen molar-refractivity contribution in [3.8, 4) is 0 Å². The Morgan fingerprint density at radius 2 is 2.50 bits per heavy atom. The van der Waals surface area contributed by atoms with Gasteiger partial charge in [-0.2, -0.15) is 0 Å². The molecule has 0 bridgehead atoms. The fraction of sp³-hybridized carbons (Fsp3) is 0.400. The molecule has 0 rings (SSSR count). The van der Waals surface area contributed by atoms with Gasteiger partial charge in [-0.3, -0.25) is 0 Å². The Kier molecular flexibility index (Phi) is 3.88. The van der Waals surface area contributed by atoms with E-state index in [-0.39, 0.29) is 6.61 Å². The molecule has 3 nitrogen and oxygen atoms in total. The molecule has 0 atom stereocenters. The third kappa shape index (κ3) is 3.36. The van der Waals surface area contributed by atoms with Crippen LogP contribution in [0.4, 0.5) is 0 Å². The second-order valence-electron chi connectivity index (χ2n) is 1.16. The molecule has 0 amide bonds. The molecule has 0 radical (unpaired) electrons. The van der Waals surface area contributed by atoms with Gasteiger partial charge in [-0.05, 0) is 0 Å².